The van der Waals surface area contributed by atoms with Gasteiger partial charge in [0.1, 0.15) is 0 Å². The third-order valence-electron chi connectivity index (χ3n) is 2.50. The van der Waals surface area contributed by atoms with Crippen molar-refractivity contribution in [1.82, 2.24) is 15.1 Å². The Balaban J connectivity index is 2.37. The minimum absolute atomic E-state index is 0.0837. The van der Waals surface area contributed by atoms with E-state index in [2.05, 4.69) is 31.2 Å². The van der Waals surface area contributed by atoms with Crippen LogP contribution < -0.4 is 15.6 Å². The summed E-state index contributed by atoms with van der Waals surface area (Å²) in [6.45, 7) is 7.99. The molecule has 0 aliphatic carbocycles. The van der Waals surface area contributed by atoms with Gasteiger partial charge in [-0.05, 0) is 40.2 Å². The lowest BCUT2D eigenvalue weighted by Crippen LogP contribution is -2.36. The summed E-state index contributed by atoms with van der Waals surface area (Å²) in [7, 11) is 1.55. The summed E-state index contributed by atoms with van der Waals surface area (Å²) in [5, 5.41) is 7.51. The van der Waals surface area contributed by atoms with Crippen molar-refractivity contribution >= 4 is 0 Å². The van der Waals surface area contributed by atoms with Gasteiger partial charge in [-0.3, -0.25) is 4.79 Å². The number of rotatable bonds is 6. The van der Waals surface area contributed by atoms with E-state index in [4.69, 9.17) is 4.74 Å². The molecule has 1 heterocycles. The molecule has 0 atom stereocenters. The van der Waals surface area contributed by atoms with Crippen molar-refractivity contribution in [3.63, 3.8) is 0 Å². The fourth-order valence-corrected chi connectivity index (χ4v) is 1.55. The number of nitrogens with one attached hydrogen (secondary N) is 1. The number of hydrogen-bond donors (Lipinski definition) is 1. The Morgan fingerprint density at radius 1 is 1.33 bits per heavy atom. The Labute approximate surface area is 108 Å². The summed E-state index contributed by atoms with van der Waals surface area (Å²) < 4.78 is 6.45. The molecule has 0 aliphatic rings. The molecule has 0 fully saturated rings. The van der Waals surface area contributed by atoms with Gasteiger partial charge < -0.3 is 10.1 Å². The third-order valence-corrected chi connectivity index (χ3v) is 2.50. The predicted octanol–water partition coefficient (Wildman–Crippen LogP) is 1.42. The molecule has 1 N–H and O–H groups in total. The normalized spacial score (nSPS) is 11.6. The van der Waals surface area contributed by atoms with Gasteiger partial charge in [0.05, 0.1) is 7.11 Å². The highest BCUT2D eigenvalue weighted by Crippen LogP contribution is 2.02. The van der Waals surface area contributed by atoms with Crippen LogP contribution in [0.3, 0.4) is 0 Å². The number of hydrogen-bond acceptors (Lipinski definition) is 4. The third kappa shape index (κ3) is 5.31. The zero-order valence-corrected chi connectivity index (χ0v) is 11.7. The van der Waals surface area contributed by atoms with Gasteiger partial charge in [-0.2, -0.15) is 0 Å². The molecule has 102 valence electrons. The average Bonchev–Trinajstić information content (AvgIpc) is 2.29. The minimum Gasteiger partial charge on any atom is -0.480 e. The van der Waals surface area contributed by atoms with E-state index in [0.717, 1.165) is 19.4 Å². The first-order valence-electron chi connectivity index (χ1n) is 6.29. The Morgan fingerprint density at radius 3 is 2.67 bits per heavy atom. The van der Waals surface area contributed by atoms with Crippen LogP contribution in [0.5, 0.6) is 5.88 Å². The molecule has 1 aromatic rings. The van der Waals surface area contributed by atoms with Crippen molar-refractivity contribution in [2.45, 2.75) is 45.7 Å². The second kappa shape index (κ2) is 6.54. The van der Waals surface area contributed by atoms with Crippen molar-refractivity contribution in [3.05, 3.63) is 22.5 Å². The molecular weight excluding hydrogens is 230 g/mol. The molecule has 18 heavy (non-hydrogen) atoms. The zero-order valence-electron chi connectivity index (χ0n) is 11.7. The lowest BCUT2D eigenvalue weighted by atomic mass is 10.1. The van der Waals surface area contributed by atoms with Gasteiger partial charge in [0.2, 0.25) is 5.88 Å². The monoisotopic (exact) mass is 253 g/mol. The van der Waals surface area contributed by atoms with E-state index in [1.807, 2.05) is 0 Å². The quantitative estimate of drug-likeness (QED) is 0.779. The first-order chi connectivity index (χ1) is 8.42. The van der Waals surface area contributed by atoms with Gasteiger partial charge in [-0.15, -0.1) is 5.10 Å². The van der Waals surface area contributed by atoms with Crippen LogP contribution in [0.15, 0.2) is 16.9 Å². The van der Waals surface area contributed by atoms with Crippen LogP contribution in [-0.2, 0) is 6.54 Å². The molecule has 5 heteroatoms. The van der Waals surface area contributed by atoms with Crippen molar-refractivity contribution < 1.29 is 4.74 Å². The lowest BCUT2D eigenvalue weighted by molar-refractivity contribution is 0.370. The molecule has 1 aromatic heterocycles. The number of aryl methyl sites for hydroxylation is 1. The Morgan fingerprint density at radius 2 is 2.06 bits per heavy atom. The van der Waals surface area contributed by atoms with E-state index in [-0.39, 0.29) is 11.1 Å². The highest BCUT2D eigenvalue weighted by atomic mass is 16.5. The highest BCUT2D eigenvalue weighted by molar-refractivity contribution is 5.05. The molecule has 5 nitrogen and oxygen atoms in total. The van der Waals surface area contributed by atoms with E-state index in [1.165, 1.54) is 10.7 Å². The van der Waals surface area contributed by atoms with E-state index in [0.29, 0.717) is 12.4 Å². The molecule has 0 aromatic carbocycles. The van der Waals surface area contributed by atoms with Crippen molar-refractivity contribution in [2.75, 3.05) is 13.7 Å². The topological polar surface area (TPSA) is 56.1 Å². The number of methoxy groups -OCH3 is 1. The fourth-order valence-electron chi connectivity index (χ4n) is 1.55. The Bertz CT molecular complexity index is 421. The van der Waals surface area contributed by atoms with E-state index in [1.54, 1.807) is 13.2 Å². The predicted molar refractivity (Wildman–Crippen MR) is 72.0 cm³/mol. The maximum absolute atomic E-state index is 11.5. The minimum atomic E-state index is -0.0837. The number of unbranched alkanes of at least 4 members (excludes halogenated alkanes) is 1. The molecule has 1 rings (SSSR count). The summed E-state index contributed by atoms with van der Waals surface area (Å²) in [5.41, 5.74) is 0.0602. The summed E-state index contributed by atoms with van der Waals surface area (Å²) in [5.74, 6) is 0.474. The molecule has 0 spiro atoms. The van der Waals surface area contributed by atoms with Gasteiger partial charge in [0.25, 0.3) is 5.56 Å². The number of aromatic nitrogens is 2. The number of ether oxygens (including phenoxy) is 1. The molecule has 0 saturated heterocycles. The van der Waals surface area contributed by atoms with Crippen molar-refractivity contribution in [1.29, 1.82) is 0 Å². The van der Waals surface area contributed by atoms with Gasteiger partial charge in [-0.25, -0.2) is 4.68 Å². The molecule has 0 radical (unpaired) electrons. The molecule has 0 amide bonds. The standard InChI is InChI=1S/C13H23N3O2/c1-13(2,3)14-9-5-6-10-16-12(17)8-7-11(15-16)18-4/h7-8,14H,5-6,9-10H2,1-4H3. The smallest absolute Gasteiger partial charge is 0.266 e. The molecule has 0 saturated carbocycles. The molecule has 0 unspecified atom stereocenters. The summed E-state index contributed by atoms with van der Waals surface area (Å²) in [6, 6.07) is 3.07. The first-order valence-corrected chi connectivity index (χ1v) is 6.29. The molecular formula is C13H23N3O2. The molecule has 0 bridgehead atoms. The van der Waals surface area contributed by atoms with Gasteiger partial charge in [0.15, 0.2) is 0 Å². The van der Waals surface area contributed by atoms with E-state index >= 15 is 0 Å². The van der Waals surface area contributed by atoms with E-state index < -0.39 is 0 Å². The van der Waals surface area contributed by atoms with Gasteiger partial charge in [0, 0.05) is 24.2 Å². The van der Waals surface area contributed by atoms with E-state index in [9.17, 15) is 4.79 Å². The van der Waals surface area contributed by atoms with Crippen LogP contribution in [0.1, 0.15) is 33.6 Å². The van der Waals surface area contributed by atoms with Crippen LogP contribution >= 0.6 is 0 Å². The fraction of sp³-hybridized carbons (Fsp3) is 0.692. The van der Waals surface area contributed by atoms with Crippen LogP contribution in [0.25, 0.3) is 0 Å². The van der Waals surface area contributed by atoms with Gasteiger partial charge >= 0.3 is 0 Å². The van der Waals surface area contributed by atoms with Crippen LogP contribution in [0, 0.1) is 0 Å². The largest absolute Gasteiger partial charge is 0.480 e. The Kier molecular flexibility index (Phi) is 5.34. The summed E-state index contributed by atoms with van der Waals surface area (Å²) in [6.07, 6.45) is 1.94. The maximum atomic E-state index is 11.5. The summed E-state index contributed by atoms with van der Waals surface area (Å²) >= 11 is 0. The van der Waals surface area contributed by atoms with Crippen LogP contribution in [0.4, 0.5) is 0 Å². The SMILES string of the molecule is COc1ccc(=O)n(CCCCNC(C)(C)C)n1. The van der Waals surface area contributed by atoms with Crippen LogP contribution in [0.2, 0.25) is 0 Å². The number of nitrogens with zero attached hydrogens (tertiary/aromatic N) is 2. The van der Waals surface area contributed by atoms with Crippen molar-refractivity contribution in [3.8, 4) is 5.88 Å². The lowest BCUT2D eigenvalue weighted by Gasteiger charge is -2.20. The highest BCUT2D eigenvalue weighted by Gasteiger charge is 2.07. The first kappa shape index (κ1) is 14.7. The molecule has 0 aliphatic heterocycles. The Hall–Kier alpha value is -1.36. The average molecular weight is 253 g/mol. The maximum Gasteiger partial charge on any atom is 0.266 e. The summed E-state index contributed by atoms with van der Waals surface area (Å²) in [4.78, 5) is 11.5. The van der Waals surface area contributed by atoms with Crippen molar-refractivity contribution in [2.24, 2.45) is 0 Å². The zero-order chi connectivity index (χ0) is 13.6. The van der Waals surface area contributed by atoms with Crippen LogP contribution in [-0.4, -0.2) is 29.0 Å². The van der Waals surface area contributed by atoms with Gasteiger partial charge in [-0.1, -0.05) is 0 Å². The second-order valence-corrected chi connectivity index (χ2v) is 5.32. The second-order valence-electron chi connectivity index (χ2n) is 5.32.